The van der Waals surface area contributed by atoms with Crippen LogP contribution < -0.4 is 10.1 Å². The van der Waals surface area contributed by atoms with Crippen LogP contribution in [0.15, 0.2) is 77.1 Å². The number of nitrogens with one attached hydrogen (secondary N) is 1. The largest absolute Gasteiger partial charge is 0.439 e. The Bertz CT molecular complexity index is 761. The Balaban J connectivity index is 2.16. The summed E-state index contributed by atoms with van der Waals surface area (Å²) in [4.78, 5) is 8.82. The van der Waals surface area contributed by atoms with Gasteiger partial charge in [0, 0.05) is 24.5 Å². The highest BCUT2D eigenvalue weighted by Crippen LogP contribution is 2.25. The fourth-order valence-electron chi connectivity index (χ4n) is 2.10. The zero-order chi connectivity index (χ0) is 17.4. The van der Waals surface area contributed by atoms with Crippen molar-refractivity contribution in [3.63, 3.8) is 0 Å². The molecule has 2 rings (SSSR count). The Hall–Kier alpha value is -2.88. The molecule has 0 aliphatic heterocycles. The van der Waals surface area contributed by atoms with Crippen LogP contribution in [0.4, 0.5) is 11.5 Å². The number of aliphatic imine (C=N–C) groups is 1. The third-order valence-corrected chi connectivity index (χ3v) is 3.29. The lowest BCUT2D eigenvalue weighted by Crippen LogP contribution is -2.06. The quantitative estimate of drug-likeness (QED) is 0.450. The molecule has 24 heavy (non-hydrogen) atoms. The lowest BCUT2D eigenvalue weighted by Gasteiger charge is -2.11. The molecule has 0 amide bonds. The molecule has 0 radical (unpaired) electrons. The summed E-state index contributed by atoms with van der Waals surface area (Å²) in [5.74, 6) is 1.86. The number of rotatable bonds is 5. The third-order valence-electron chi connectivity index (χ3n) is 3.29. The van der Waals surface area contributed by atoms with E-state index in [0.29, 0.717) is 17.5 Å². The van der Waals surface area contributed by atoms with Gasteiger partial charge in [-0.1, -0.05) is 29.8 Å². The number of hydrogen-bond donors (Lipinski definition) is 1. The number of para-hydroxylation sites is 1. The molecule has 0 aliphatic rings. The van der Waals surface area contributed by atoms with Crippen molar-refractivity contribution in [2.24, 2.45) is 4.99 Å². The number of allylic oxidation sites excluding steroid dienone is 4. The second-order valence-electron chi connectivity index (χ2n) is 5.39. The normalized spacial score (nSPS) is 12.9. The van der Waals surface area contributed by atoms with Gasteiger partial charge < -0.3 is 10.1 Å². The number of benzene rings is 1. The lowest BCUT2D eigenvalue weighted by molar-refractivity contribution is 0.545. The predicted octanol–water partition coefficient (Wildman–Crippen LogP) is 5.49. The van der Waals surface area contributed by atoms with Gasteiger partial charge in [-0.05, 0) is 51.1 Å². The average molecular weight is 321 g/mol. The van der Waals surface area contributed by atoms with Crippen LogP contribution >= 0.6 is 0 Å². The van der Waals surface area contributed by atoms with E-state index in [9.17, 15) is 0 Å². The van der Waals surface area contributed by atoms with Crippen LogP contribution in [-0.2, 0) is 0 Å². The van der Waals surface area contributed by atoms with Crippen LogP contribution in [0.1, 0.15) is 27.7 Å². The minimum absolute atomic E-state index is 0.566. The minimum atomic E-state index is 0.566. The molecule has 0 unspecified atom stereocenters. The molecule has 0 aliphatic carbocycles. The maximum absolute atomic E-state index is 5.87. The van der Waals surface area contributed by atoms with E-state index in [2.05, 4.69) is 15.3 Å². The Kier molecular flexibility index (Phi) is 6.32. The molecule has 1 aromatic carbocycles. The van der Waals surface area contributed by atoms with Gasteiger partial charge in [0.05, 0.1) is 0 Å². The molecule has 124 valence electrons. The van der Waals surface area contributed by atoms with Gasteiger partial charge in [-0.15, -0.1) is 0 Å². The number of hydrogen-bond acceptors (Lipinski definition) is 4. The minimum Gasteiger partial charge on any atom is -0.439 e. The second kappa shape index (κ2) is 8.67. The molecule has 1 N–H and O–H groups in total. The van der Waals surface area contributed by atoms with E-state index < -0.39 is 0 Å². The van der Waals surface area contributed by atoms with E-state index in [1.54, 1.807) is 6.20 Å². The number of nitrogens with zero attached hydrogens (tertiary/aromatic N) is 2. The fourth-order valence-corrected chi connectivity index (χ4v) is 2.10. The summed E-state index contributed by atoms with van der Waals surface area (Å²) in [5, 5.41) is 3.26. The molecule has 4 heteroatoms. The van der Waals surface area contributed by atoms with Gasteiger partial charge >= 0.3 is 0 Å². The van der Waals surface area contributed by atoms with Gasteiger partial charge in [-0.3, -0.25) is 0 Å². The van der Waals surface area contributed by atoms with Gasteiger partial charge in [-0.2, -0.15) is 0 Å². The molecule has 1 aromatic heterocycles. The molecular weight excluding hydrogens is 298 g/mol. The molecule has 0 bridgehead atoms. The van der Waals surface area contributed by atoms with Crippen LogP contribution in [-0.4, -0.2) is 10.9 Å². The third kappa shape index (κ3) is 5.39. The first-order valence-electron chi connectivity index (χ1n) is 7.90. The van der Waals surface area contributed by atoms with Gasteiger partial charge in [0.15, 0.2) is 17.5 Å². The molecule has 0 saturated carbocycles. The maximum Gasteiger partial charge on any atom is 0.191 e. The Morgan fingerprint density at radius 1 is 1.08 bits per heavy atom. The highest BCUT2D eigenvalue weighted by molar-refractivity contribution is 5.79. The standard InChI is InChI=1S/C20H23N3O/c1-5-15(2)14-16(3)22-17(4)24-19-12-9-13-21-20(19)23-18-10-7-6-8-11-18/h5-14H,1-4H3,(H,21,23)/b15-5?,16-14-,22-17+. The van der Waals surface area contributed by atoms with Crippen molar-refractivity contribution >= 4 is 17.4 Å². The summed E-state index contributed by atoms with van der Waals surface area (Å²) in [6.07, 6.45) is 5.78. The van der Waals surface area contributed by atoms with E-state index in [1.807, 2.05) is 82.3 Å². The average Bonchev–Trinajstić information content (AvgIpc) is 2.57. The van der Waals surface area contributed by atoms with Crippen molar-refractivity contribution in [1.29, 1.82) is 0 Å². The van der Waals surface area contributed by atoms with E-state index in [0.717, 1.165) is 17.0 Å². The molecule has 0 saturated heterocycles. The van der Waals surface area contributed by atoms with Crippen molar-refractivity contribution in [1.82, 2.24) is 4.98 Å². The molecule has 0 spiro atoms. The first kappa shape index (κ1) is 17.5. The van der Waals surface area contributed by atoms with Crippen molar-refractivity contribution in [2.75, 3.05) is 5.32 Å². The topological polar surface area (TPSA) is 46.5 Å². The number of aromatic nitrogens is 1. The monoisotopic (exact) mass is 321 g/mol. The number of ether oxygens (including phenoxy) is 1. The van der Waals surface area contributed by atoms with Crippen LogP contribution in [0.3, 0.4) is 0 Å². The number of anilines is 2. The number of pyridine rings is 1. The van der Waals surface area contributed by atoms with Crippen LogP contribution in [0.2, 0.25) is 0 Å². The van der Waals surface area contributed by atoms with Gasteiger partial charge in [0.2, 0.25) is 0 Å². The summed E-state index contributed by atoms with van der Waals surface area (Å²) in [5.41, 5.74) is 3.01. The summed E-state index contributed by atoms with van der Waals surface area (Å²) in [6.45, 7) is 7.83. The van der Waals surface area contributed by atoms with Crippen LogP contribution in [0.25, 0.3) is 0 Å². The van der Waals surface area contributed by atoms with Crippen molar-refractivity contribution in [3.05, 3.63) is 72.1 Å². The SMILES string of the molecule is CC=C(C)/C=C(C)\N=C(/C)Oc1cccnc1Nc1ccccc1. The fraction of sp³-hybridized carbons (Fsp3) is 0.200. The smallest absolute Gasteiger partial charge is 0.191 e. The molecular formula is C20H23N3O. The highest BCUT2D eigenvalue weighted by Gasteiger charge is 2.06. The van der Waals surface area contributed by atoms with Crippen LogP contribution in [0, 0.1) is 0 Å². The first-order chi connectivity index (χ1) is 11.6. The van der Waals surface area contributed by atoms with Gasteiger partial charge in [0.1, 0.15) is 0 Å². The summed E-state index contributed by atoms with van der Waals surface area (Å²) >= 11 is 0. The Morgan fingerprint density at radius 3 is 2.54 bits per heavy atom. The van der Waals surface area contributed by atoms with Crippen molar-refractivity contribution < 1.29 is 4.74 Å². The lowest BCUT2D eigenvalue weighted by atomic mass is 10.2. The molecule has 4 nitrogen and oxygen atoms in total. The molecule has 1 heterocycles. The zero-order valence-electron chi connectivity index (χ0n) is 14.6. The molecule has 0 atom stereocenters. The van der Waals surface area contributed by atoms with Gasteiger partial charge in [-0.25, -0.2) is 9.98 Å². The first-order valence-corrected chi connectivity index (χ1v) is 7.90. The van der Waals surface area contributed by atoms with Crippen LogP contribution in [0.5, 0.6) is 5.75 Å². The summed E-state index contributed by atoms with van der Waals surface area (Å²) in [7, 11) is 0. The molecule has 0 fully saturated rings. The van der Waals surface area contributed by atoms with E-state index in [1.165, 1.54) is 0 Å². The highest BCUT2D eigenvalue weighted by atomic mass is 16.5. The van der Waals surface area contributed by atoms with Crippen molar-refractivity contribution in [3.8, 4) is 5.75 Å². The Labute approximate surface area is 143 Å². The van der Waals surface area contributed by atoms with E-state index >= 15 is 0 Å². The molecule has 2 aromatic rings. The van der Waals surface area contributed by atoms with Gasteiger partial charge in [0.25, 0.3) is 0 Å². The second-order valence-corrected chi connectivity index (χ2v) is 5.39. The van der Waals surface area contributed by atoms with Crippen molar-refractivity contribution in [2.45, 2.75) is 27.7 Å². The summed E-state index contributed by atoms with van der Waals surface area (Å²) in [6, 6.07) is 13.6. The maximum atomic E-state index is 5.87. The predicted molar refractivity (Wildman–Crippen MR) is 101 cm³/mol. The Morgan fingerprint density at radius 2 is 1.83 bits per heavy atom. The van der Waals surface area contributed by atoms with E-state index in [4.69, 9.17) is 4.74 Å². The zero-order valence-corrected chi connectivity index (χ0v) is 14.6. The summed E-state index contributed by atoms with van der Waals surface area (Å²) < 4.78 is 5.87. The van der Waals surface area contributed by atoms with E-state index in [-0.39, 0.29) is 0 Å².